The van der Waals surface area contributed by atoms with Crippen molar-refractivity contribution in [2.75, 3.05) is 36.5 Å². The maximum atomic E-state index is 5.38. The number of ether oxygens (including phenoxy) is 1. The summed E-state index contributed by atoms with van der Waals surface area (Å²) >= 11 is 0. The number of aromatic nitrogens is 2. The van der Waals surface area contributed by atoms with Crippen LogP contribution in [-0.4, -0.2) is 36.3 Å². The lowest BCUT2D eigenvalue weighted by Gasteiger charge is -2.27. The van der Waals surface area contributed by atoms with Crippen LogP contribution in [-0.2, 0) is 4.74 Å². The molecule has 0 saturated carbocycles. The summed E-state index contributed by atoms with van der Waals surface area (Å²) < 4.78 is 5.38. The van der Waals surface area contributed by atoms with Gasteiger partial charge in [0.15, 0.2) is 0 Å². The van der Waals surface area contributed by atoms with E-state index in [0.717, 1.165) is 43.6 Å². The quantitative estimate of drug-likeness (QED) is 0.939. The topological polar surface area (TPSA) is 50.3 Å². The third-order valence-corrected chi connectivity index (χ3v) is 3.72. The van der Waals surface area contributed by atoms with Gasteiger partial charge in [-0.05, 0) is 25.0 Å². The first-order chi connectivity index (χ1) is 10.2. The van der Waals surface area contributed by atoms with Crippen LogP contribution in [0.25, 0.3) is 0 Å². The molecule has 2 heterocycles. The highest BCUT2D eigenvalue weighted by Gasteiger charge is 2.13. The molecule has 3 rings (SSSR count). The molecule has 1 N–H and O–H groups in total. The summed E-state index contributed by atoms with van der Waals surface area (Å²) in [6.07, 6.45) is 1.61. The summed E-state index contributed by atoms with van der Waals surface area (Å²) in [6.45, 7) is 7.45. The monoisotopic (exact) mass is 284 g/mol. The molecule has 1 aromatic heterocycles. The maximum Gasteiger partial charge on any atom is 0.135 e. The van der Waals surface area contributed by atoms with Gasteiger partial charge in [-0.3, -0.25) is 0 Å². The molecule has 110 valence electrons. The standard InChI is InChI=1S/C16H20N4O/c1-12-4-3-5-13(2)16(12)19-14-10-15(18-11-17-14)20-6-8-21-9-7-20/h3-5,10-11H,6-9H2,1-2H3,(H,17,18,19). The maximum absolute atomic E-state index is 5.38. The number of hydrogen-bond acceptors (Lipinski definition) is 5. The van der Waals surface area contributed by atoms with Crippen molar-refractivity contribution in [3.63, 3.8) is 0 Å². The molecule has 1 aliphatic rings. The van der Waals surface area contributed by atoms with E-state index in [9.17, 15) is 0 Å². The normalized spacial score (nSPS) is 15.0. The van der Waals surface area contributed by atoms with E-state index in [1.54, 1.807) is 6.33 Å². The predicted molar refractivity (Wildman–Crippen MR) is 84.3 cm³/mol. The summed E-state index contributed by atoms with van der Waals surface area (Å²) in [5, 5.41) is 3.41. The van der Waals surface area contributed by atoms with Gasteiger partial charge >= 0.3 is 0 Å². The smallest absolute Gasteiger partial charge is 0.135 e. The molecule has 5 heteroatoms. The Morgan fingerprint density at radius 1 is 1.10 bits per heavy atom. The fourth-order valence-corrected chi connectivity index (χ4v) is 2.52. The number of para-hydroxylation sites is 1. The van der Waals surface area contributed by atoms with E-state index in [-0.39, 0.29) is 0 Å². The Bertz CT molecular complexity index is 603. The van der Waals surface area contributed by atoms with Crippen LogP contribution < -0.4 is 10.2 Å². The van der Waals surface area contributed by atoms with E-state index in [1.165, 1.54) is 11.1 Å². The molecule has 0 aliphatic carbocycles. The van der Waals surface area contributed by atoms with E-state index >= 15 is 0 Å². The van der Waals surface area contributed by atoms with Crippen LogP contribution >= 0.6 is 0 Å². The molecule has 0 atom stereocenters. The minimum Gasteiger partial charge on any atom is -0.378 e. The Hall–Kier alpha value is -2.14. The minimum atomic E-state index is 0.754. The van der Waals surface area contributed by atoms with E-state index in [0.29, 0.717) is 0 Å². The van der Waals surface area contributed by atoms with Crippen LogP contribution in [0.1, 0.15) is 11.1 Å². The Morgan fingerprint density at radius 3 is 2.52 bits per heavy atom. The average molecular weight is 284 g/mol. The molecule has 2 aromatic rings. The lowest BCUT2D eigenvalue weighted by atomic mass is 10.1. The van der Waals surface area contributed by atoms with Gasteiger partial charge in [-0.15, -0.1) is 0 Å². The van der Waals surface area contributed by atoms with Gasteiger partial charge in [0.1, 0.15) is 18.0 Å². The van der Waals surface area contributed by atoms with E-state index in [4.69, 9.17) is 4.74 Å². The second-order valence-corrected chi connectivity index (χ2v) is 5.25. The highest BCUT2D eigenvalue weighted by molar-refractivity contribution is 5.65. The van der Waals surface area contributed by atoms with Gasteiger partial charge in [-0.1, -0.05) is 18.2 Å². The lowest BCUT2D eigenvalue weighted by molar-refractivity contribution is 0.122. The van der Waals surface area contributed by atoms with E-state index < -0.39 is 0 Å². The van der Waals surface area contributed by atoms with Crippen LogP contribution in [0.2, 0.25) is 0 Å². The predicted octanol–water partition coefficient (Wildman–Crippen LogP) is 2.67. The Balaban J connectivity index is 1.83. The summed E-state index contributed by atoms with van der Waals surface area (Å²) in [7, 11) is 0. The number of morpholine rings is 1. The third-order valence-electron chi connectivity index (χ3n) is 3.72. The number of benzene rings is 1. The number of nitrogens with zero attached hydrogens (tertiary/aromatic N) is 3. The number of hydrogen-bond donors (Lipinski definition) is 1. The van der Waals surface area contributed by atoms with Crippen LogP contribution in [0.4, 0.5) is 17.3 Å². The number of nitrogens with one attached hydrogen (secondary N) is 1. The fraction of sp³-hybridized carbons (Fsp3) is 0.375. The van der Waals surface area contributed by atoms with Crippen molar-refractivity contribution in [1.29, 1.82) is 0 Å². The summed E-state index contributed by atoms with van der Waals surface area (Å²) in [4.78, 5) is 10.9. The average Bonchev–Trinajstić information content (AvgIpc) is 2.52. The van der Waals surface area contributed by atoms with Crippen LogP contribution in [0.3, 0.4) is 0 Å². The van der Waals surface area contributed by atoms with Crippen LogP contribution in [0.15, 0.2) is 30.6 Å². The molecular weight excluding hydrogens is 264 g/mol. The molecule has 0 radical (unpaired) electrons. The number of aryl methyl sites for hydroxylation is 2. The van der Waals surface area contributed by atoms with Gasteiger partial charge in [-0.25, -0.2) is 9.97 Å². The number of anilines is 3. The van der Waals surface area contributed by atoms with Gasteiger partial charge in [0, 0.05) is 24.8 Å². The Labute approximate surface area is 125 Å². The first-order valence-corrected chi connectivity index (χ1v) is 7.22. The van der Waals surface area contributed by atoms with Gasteiger partial charge in [0.2, 0.25) is 0 Å². The van der Waals surface area contributed by atoms with Crippen molar-refractivity contribution < 1.29 is 4.74 Å². The van der Waals surface area contributed by atoms with Crippen LogP contribution in [0, 0.1) is 13.8 Å². The fourth-order valence-electron chi connectivity index (χ4n) is 2.52. The zero-order chi connectivity index (χ0) is 14.7. The third kappa shape index (κ3) is 3.13. The molecule has 0 unspecified atom stereocenters. The molecule has 0 amide bonds. The summed E-state index contributed by atoms with van der Waals surface area (Å²) in [5.41, 5.74) is 3.53. The second kappa shape index (κ2) is 6.10. The first-order valence-electron chi connectivity index (χ1n) is 7.22. The van der Waals surface area contributed by atoms with Crippen molar-refractivity contribution in [2.24, 2.45) is 0 Å². The molecule has 1 saturated heterocycles. The summed E-state index contributed by atoms with van der Waals surface area (Å²) in [5.74, 6) is 1.77. The van der Waals surface area contributed by atoms with Gasteiger partial charge in [0.05, 0.1) is 13.2 Å². The van der Waals surface area contributed by atoms with Crippen molar-refractivity contribution in [3.05, 3.63) is 41.7 Å². The molecule has 1 fully saturated rings. The van der Waals surface area contributed by atoms with Gasteiger partial charge in [0.25, 0.3) is 0 Å². The molecule has 0 spiro atoms. The molecular formula is C16H20N4O. The van der Waals surface area contributed by atoms with Crippen molar-refractivity contribution in [1.82, 2.24) is 9.97 Å². The largest absolute Gasteiger partial charge is 0.378 e. The Kier molecular flexibility index (Phi) is 4.01. The SMILES string of the molecule is Cc1cccc(C)c1Nc1cc(N2CCOCC2)ncn1. The summed E-state index contributed by atoms with van der Waals surface area (Å²) in [6, 6.07) is 8.25. The molecule has 21 heavy (non-hydrogen) atoms. The highest BCUT2D eigenvalue weighted by Crippen LogP contribution is 2.24. The van der Waals surface area contributed by atoms with Crippen molar-refractivity contribution in [3.8, 4) is 0 Å². The Morgan fingerprint density at radius 2 is 1.81 bits per heavy atom. The van der Waals surface area contributed by atoms with Crippen molar-refractivity contribution in [2.45, 2.75) is 13.8 Å². The minimum absolute atomic E-state index is 0.754. The zero-order valence-corrected chi connectivity index (χ0v) is 12.5. The first kappa shape index (κ1) is 13.8. The van der Waals surface area contributed by atoms with Crippen molar-refractivity contribution >= 4 is 17.3 Å². The molecule has 1 aromatic carbocycles. The highest BCUT2D eigenvalue weighted by atomic mass is 16.5. The zero-order valence-electron chi connectivity index (χ0n) is 12.5. The molecule has 0 bridgehead atoms. The lowest BCUT2D eigenvalue weighted by Crippen LogP contribution is -2.36. The molecule has 1 aliphatic heterocycles. The van der Waals surface area contributed by atoms with E-state index in [1.807, 2.05) is 6.07 Å². The number of rotatable bonds is 3. The van der Waals surface area contributed by atoms with Gasteiger partial charge < -0.3 is 15.0 Å². The second-order valence-electron chi connectivity index (χ2n) is 5.25. The van der Waals surface area contributed by atoms with Crippen LogP contribution in [0.5, 0.6) is 0 Å². The van der Waals surface area contributed by atoms with E-state index in [2.05, 4.69) is 52.2 Å². The van der Waals surface area contributed by atoms with Gasteiger partial charge in [-0.2, -0.15) is 0 Å². The molecule has 5 nitrogen and oxygen atoms in total.